The van der Waals surface area contributed by atoms with Gasteiger partial charge in [0.25, 0.3) is 0 Å². The molecule has 0 aliphatic heterocycles. The summed E-state index contributed by atoms with van der Waals surface area (Å²) in [6.07, 6.45) is 1.63. The van der Waals surface area contributed by atoms with Crippen LogP contribution in [0.2, 0.25) is 5.02 Å². The minimum absolute atomic E-state index is 0.263. The standard InChI is InChI=1S/C21H19ClN4O2.C2H6/c1-12(23)16-6-4-14(11-20(16)25-2)28-15-7-8-26-19(10-15)13-3-5-17(21(24)27)18(22)9-13;1-2/h3-11,23,25H,1-2H3,(H2,24,27);1-2H3. The molecule has 1 amide bonds. The van der Waals surface area contributed by atoms with E-state index in [2.05, 4.69) is 10.3 Å². The number of nitrogens with two attached hydrogens (primary N) is 1. The van der Waals surface area contributed by atoms with Crippen LogP contribution in [0.25, 0.3) is 11.3 Å². The molecule has 0 aliphatic rings. The third-order valence-electron chi connectivity index (χ3n) is 4.16. The largest absolute Gasteiger partial charge is 0.457 e. The second-order valence-electron chi connectivity index (χ2n) is 6.12. The number of anilines is 1. The van der Waals surface area contributed by atoms with Crippen molar-refractivity contribution in [2.24, 2.45) is 5.73 Å². The van der Waals surface area contributed by atoms with Crippen LogP contribution in [-0.2, 0) is 0 Å². The summed E-state index contributed by atoms with van der Waals surface area (Å²) in [7, 11) is 1.80. The molecule has 3 aromatic rings. The average molecular weight is 425 g/mol. The van der Waals surface area contributed by atoms with Crippen molar-refractivity contribution in [3.05, 3.63) is 70.9 Å². The number of primary amides is 1. The van der Waals surface area contributed by atoms with Crippen molar-refractivity contribution in [1.82, 2.24) is 4.98 Å². The molecule has 7 heteroatoms. The fraction of sp³-hybridized carbons (Fsp3) is 0.174. The Labute approximate surface area is 181 Å². The number of rotatable bonds is 6. The number of hydrogen-bond acceptors (Lipinski definition) is 5. The van der Waals surface area contributed by atoms with E-state index in [0.29, 0.717) is 22.9 Å². The molecule has 1 aromatic heterocycles. The molecule has 0 saturated carbocycles. The van der Waals surface area contributed by atoms with Crippen molar-refractivity contribution in [2.45, 2.75) is 20.8 Å². The van der Waals surface area contributed by atoms with Crippen LogP contribution in [0, 0.1) is 5.41 Å². The van der Waals surface area contributed by atoms with Gasteiger partial charge in [-0.3, -0.25) is 9.78 Å². The monoisotopic (exact) mass is 424 g/mol. The molecule has 0 aliphatic carbocycles. The Kier molecular flexibility index (Phi) is 7.95. The van der Waals surface area contributed by atoms with E-state index >= 15 is 0 Å². The molecule has 0 saturated heterocycles. The molecule has 6 nitrogen and oxygen atoms in total. The van der Waals surface area contributed by atoms with E-state index in [0.717, 1.165) is 16.8 Å². The number of carbonyl (C=O) groups is 1. The van der Waals surface area contributed by atoms with Crippen LogP contribution < -0.4 is 15.8 Å². The second-order valence-corrected chi connectivity index (χ2v) is 6.53. The predicted molar refractivity (Wildman–Crippen MR) is 123 cm³/mol. The van der Waals surface area contributed by atoms with Crippen molar-refractivity contribution in [1.29, 1.82) is 5.41 Å². The predicted octanol–water partition coefficient (Wildman–Crippen LogP) is 5.75. The minimum Gasteiger partial charge on any atom is -0.457 e. The number of nitrogens with zero attached hydrogens (tertiary/aromatic N) is 1. The Morgan fingerprint density at radius 2 is 1.73 bits per heavy atom. The van der Waals surface area contributed by atoms with Crippen LogP contribution >= 0.6 is 11.6 Å². The van der Waals surface area contributed by atoms with Gasteiger partial charge in [0.2, 0.25) is 5.91 Å². The van der Waals surface area contributed by atoms with Crippen molar-refractivity contribution in [2.75, 3.05) is 12.4 Å². The summed E-state index contributed by atoms with van der Waals surface area (Å²) >= 11 is 6.13. The van der Waals surface area contributed by atoms with Crippen LogP contribution in [-0.4, -0.2) is 23.7 Å². The fourth-order valence-corrected chi connectivity index (χ4v) is 3.04. The number of carbonyl (C=O) groups excluding carboxylic acids is 1. The SMILES string of the molecule is CC.CNc1cc(Oc2ccnc(-c3ccc(C(N)=O)c(Cl)c3)c2)ccc1C(C)=N. The third-order valence-corrected chi connectivity index (χ3v) is 4.47. The molecule has 3 rings (SSSR count). The molecule has 0 atom stereocenters. The van der Waals surface area contributed by atoms with Crippen LogP contribution in [0.15, 0.2) is 54.7 Å². The molecule has 2 aromatic carbocycles. The van der Waals surface area contributed by atoms with E-state index in [9.17, 15) is 4.79 Å². The van der Waals surface area contributed by atoms with Crippen LogP contribution in [0.3, 0.4) is 0 Å². The summed E-state index contributed by atoms with van der Waals surface area (Å²) in [4.78, 5) is 15.7. The zero-order valence-corrected chi connectivity index (χ0v) is 18.2. The van der Waals surface area contributed by atoms with Gasteiger partial charge in [-0.25, -0.2) is 0 Å². The number of halogens is 1. The first-order valence-electron chi connectivity index (χ1n) is 9.50. The quantitative estimate of drug-likeness (QED) is 0.438. The highest BCUT2D eigenvalue weighted by atomic mass is 35.5. The Balaban J connectivity index is 0.00000155. The lowest BCUT2D eigenvalue weighted by Crippen LogP contribution is -2.11. The summed E-state index contributed by atoms with van der Waals surface area (Å²) < 4.78 is 5.95. The molecule has 0 fully saturated rings. The van der Waals surface area contributed by atoms with Gasteiger partial charge in [-0.2, -0.15) is 0 Å². The maximum absolute atomic E-state index is 11.3. The second kappa shape index (κ2) is 10.4. The Hall–Kier alpha value is -3.38. The number of aromatic nitrogens is 1. The highest BCUT2D eigenvalue weighted by Crippen LogP contribution is 2.30. The molecule has 0 bridgehead atoms. The Morgan fingerprint density at radius 3 is 2.33 bits per heavy atom. The lowest BCUT2D eigenvalue weighted by atomic mass is 10.1. The van der Waals surface area contributed by atoms with E-state index in [1.807, 2.05) is 32.0 Å². The van der Waals surface area contributed by atoms with Crippen molar-refractivity contribution < 1.29 is 9.53 Å². The molecule has 0 radical (unpaired) electrons. The smallest absolute Gasteiger partial charge is 0.250 e. The molecular weight excluding hydrogens is 400 g/mol. The Morgan fingerprint density at radius 1 is 1.07 bits per heavy atom. The number of ether oxygens (including phenoxy) is 1. The highest BCUT2D eigenvalue weighted by Gasteiger charge is 2.10. The summed E-state index contributed by atoms with van der Waals surface area (Å²) in [5, 5.41) is 11.2. The zero-order chi connectivity index (χ0) is 22.3. The van der Waals surface area contributed by atoms with Gasteiger partial charge in [0.1, 0.15) is 11.5 Å². The summed E-state index contributed by atoms with van der Waals surface area (Å²) in [6.45, 7) is 5.74. The van der Waals surface area contributed by atoms with Gasteiger partial charge in [0, 0.05) is 47.9 Å². The van der Waals surface area contributed by atoms with E-state index < -0.39 is 5.91 Å². The van der Waals surface area contributed by atoms with Gasteiger partial charge >= 0.3 is 0 Å². The first-order chi connectivity index (χ1) is 14.4. The van der Waals surface area contributed by atoms with E-state index in [4.69, 9.17) is 27.5 Å². The molecule has 0 unspecified atom stereocenters. The number of benzene rings is 2. The number of nitrogens with one attached hydrogen (secondary N) is 2. The number of pyridine rings is 1. The van der Waals surface area contributed by atoms with Crippen molar-refractivity contribution in [3.8, 4) is 22.8 Å². The maximum atomic E-state index is 11.3. The van der Waals surface area contributed by atoms with Crippen LogP contribution in [0.5, 0.6) is 11.5 Å². The van der Waals surface area contributed by atoms with Gasteiger partial charge in [0.15, 0.2) is 0 Å². The lowest BCUT2D eigenvalue weighted by Gasteiger charge is -2.12. The minimum atomic E-state index is -0.578. The molecule has 0 spiro atoms. The van der Waals surface area contributed by atoms with Crippen LogP contribution in [0.1, 0.15) is 36.7 Å². The normalized spacial score (nSPS) is 9.90. The molecule has 30 heavy (non-hydrogen) atoms. The highest BCUT2D eigenvalue weighted by molar-refractivity contribution is 6.34. The van der Waals surface area contributed by atoms with Crippen LogP contribution in [0.4, 0.5) is 5.69 Å². The number of amides is 1. The van der Waals surface area contributed by atoms with E-state index in [1.165, 1.54) is 0 Å². The fourth-order valence-electron chi connectivity index (χ4n) is 2.76. The molecule has 156 valence electrons. The first kappa shape index (κ1) is 22.9. The lowest BCUT2D eigenvalue weighted by molar-refractivity contribution is 0.100. The summed E-state index contributed by atoms with van der Waals surface area (Å²) in [6, 6.07) is 14.0. The topological polar surface area (TPSA) is 101 Å². The Bertz CT molecular complexity index is 1070. The molecule has 1 heterocycles. The number of hydrogen-bond donors (Lipinski definition) is 3. The van der Waals surface area contributed by atoms with Crippen molar-refractivity contribution >= 4 is 28.9 Å². The maximum Gasteiger partial charge on any atom is 0.250 e. The summed E-state index contributed by atoms with van der Waals surface area (Å²) in [5.41, 5.74) is 9.04. The van der Waals surface area contributed by atoms with Gasteiger partial charge in [0.05, 0.1) is 16.3 Å². The van der Waals surface area contributed by atoms with Gasteiger partial charge in [-0.1, -0.05) is 31.5 Å². The average Bonchev–Trinajstić information content (AvgIpc) is 2.74. The van der Waals surface area contributed by atoms with Gasteiger partial charge in [-0.05, 0) is 37.3 Å². The van der Waals surface area contributed by atoms with E-state index in [1.54, 1.807) is 50.5 Å². The molecule has 4 N–H and O–H groups in total. The first-order valence-corrected chi connectivity index (χ1v) is 9.88. The molecular formula is C23H25ClN4O2. The van der Waals surface area contributed by atoms with Gasteiger partial charge in [-0.15, -0.1) is 0 Å². The van der Waals surface area contributed by atoms with E-state index in [-0.39, 0.29) is 10.6 Å². The summed E-state index contributed by atoms with van der Waals surface area (Å²) in [5.74, 6) is 0.653. The zero-order valence-electron chi connectivity index (χ0n) is 17.4. The third kappa shape index (κ3) is 5.36. The van der Waals surface area contributed by atoms with Crippen molar-refractivity contribution in [3.63, 3.8) is 0 Å². The van der Waals surface area contributed by atoms with Gasteiger partial charge < -0.3 is 21.2 Å².